The molecular weight excluding hydrogens is 324 g/mol. The van der Waals surface area contributed by atoms with Gasteiger partial charge in [-0.05, 0) is 28.6 Å². The number of amides is 1. The van der Waals surface area contributed by atoms with E-state index in [0.29, 0.717) is 29.6 Å². The number of benzene rings is 1. The molecule has 0 spiro atoms. The lowest BCUT2D eigenvalue weighted by molar-refractivity contribution is -0.116. The molecule has 1 amide bonds. The molecular formula is C16H16N6O3. The SMILES string of the molecule is COc1ccccc1Oc1ccc(NC(=O)CCn2cnnn2)cn1. The highest BCUT2D eigenvalue weighted by atomic mass is 16.5. The van der Waals surface area contributed by atoms with Crippen molar-refractivity contribution in [3.8, 4) is 17.4 Å². The van der Waals surface area contributed by atoms with Crippen molar-refractivity contribution in [2.45, 2.75) is 13.0 Å². The van der Waals surface area contributed by atoms with Gasteiger partial charge in [-0.2, -0.15) is 0 Å². The Balaban J connectivity index is 1.55. The number of para-hydroxylation sites is 2. The fourth-order valence-corrected chi connectivity index (χ4v) is 2.05. The van der Waals surface area contributed by atoms with Crippen LogP contribution in [0.5, 0.6) is 17.4 Å². The molecule has 0 bridgehead atoms. The maximum atomic E-state index is 11.9. The van der Waals surface area contributed by atoms with Crippen molar-refractivity contribution in [3.05, 3.63) is 48.9 Å². The van der Waals surface area contributed by atoms with E-state index in [1.54, 1.807) is 31.4 Å². The number of hydrogen-bond donors (Lipinski definition) is 1. The van der Waals surface area contributed by atoms with Gasteiger partial charge < -0.3 is 14.8 Å². The standard InChI is InChI=1S/C16H16N6O3/c1-24-13-4-2-3-5-14(13)25-16-7-6-12(10-17-16)19-15(23)8-9-22-11-18-20-21-22/h2-7,10-11H,8-9H2,1H3,(H,19,23). The molecule has 0 aliphatic rings. The van der Waals surface area contributed by atoms with E-state index in [2.05, 4.69) is 25.8 Å². The van der Waals surface area contributed by atoms with E-state index in [9.17, 15) is 4.79 Å². The zero-order valence-corrected chi connectivity index (χ0v) is 13.5. The molecule has 1 N–H and O–H groups in total. The number of pyridine rings is 1. The first-order valence-corrected chi connectivity index (χ1v) is 7.52. The van der Waals surface area contributed by atoms with Crippen molar-refractivity contribution in [1.82, 2.24) is 25.2 Å². The zero-order valence-electron chi connectivity index (χ0n) is 13.5. The van der Waals surface area contributed by atoms with Crippen molar-refractivity contribution in [1.29, 1.82) is 0 Å². The molecule has 3 aromatic rings. The molecule has 0 atom stereocenters. The molecule has 2 heterocycles. The Bertz CT molecular complexity index is 820. The summed E-state index contributed by atoms with van der Waals surface area (Å²) in [6.07, 6.45) is 3.24. The molecule has 0 saturated heterocycles. The Labute approximate surface area is 143 Å². The summed E-state index contributed by atoms with van der Waals surface area (Å²) in [7, 11) is 1.57. The average Bonchev–Trinajstić information content (AvgIpc) is 3.16. The lowest BCUT2D eigenvalue weighted by Gasteiger charge is -2.10. The molecule has 0 unspecified atom stereocenters. The number of nitrogens with zero attached hydrogens (tertiary/aromatic N) is 5. The maximum absolute atomic E-state index is 11.9. The van der Waals surface area contributed by atoms with Crippen molar-refractivity contribution in [2.24, 2.45) is 0 Å². The van der Waals surface area contributed by atoms with Gasteiger partial charge in [-0.1, -0.05) is 12.1 Å². The summed E-state index contributed by atoms with van der Waals surface area (Å²) >= 11 is 0. The molecule has 2 aromatic heterocycles. The van der Waals surface area contributed by atoms with E-state index in [0.717, 1.165) is 0 Å². The van der Waals surface area contributed by atoms with Gasteiger partial charge in [-0.15, -0.1) is 5.10 Å². The number of rotatable bonds is 7. The van der Waals surface area contributed by atoms with Crippen molar-refractivity contribution in [2.75, 3.05) is 12.4 Å². The topological polar surface area (TPSA) is 104 Å². The smallest absolute Gasteiger partial charge is 0.226 e. The number of nitrogens with one attached hydrogen (secondary N) is 1. The second-order valence-corrected chi connectivity index (χ2v) is 5.01. The minimum absolute atomic E-state index is 0.157. The van der Waals surface area contributed by atoms with Crippen LogP contribution < -0.4 is 14.8 Å². The molecule has 9 heteroatoms. The van der Waals surface area contributed by atoms with Crippen LogP contribution in [0.15, 0.2) is 48.9 Å². The first-order valence-electron chi connectivity index (χ1n) is 7.52. The first kappa shape index (κ1) is 16.4. The number of methoxy groups -OCH3 is 1. The Morgan fingerprint density at radius 2 is 2.04 bits per heavy atom. The molecule has 0 fully saturated rings. The van der Waals surface area contributed by atoms with Gasteiger partial charge in [0.15, 0.2) is 11.5 Å². The van der Waals surface area contributed by atoms with E-state index < -0.39 is 0 Å². The summed E-state index contributed by atoms with van der Waals surface area (Å²) in [4.78, 5) is 16.1. The van der Waals surface area contributed by atoms with E-state index in [-0.39, 0.29) is 12.3 Å². The number of carbonyl (C=O) groups is 1. The van der Waals surface area contributed by atoms with Crippen LogP contribution in [-0.2, 0) is 11.3 Å². The van der Waals surface area contributed by atoms with E-state index in [4.69, 9.17) is 9.47 Å². The molecule has 3 rings (SSSR count). The van der Waals surface area contributed by atoms with Gasteiger partial charge >= 0.3 is 0 Å². The van der Waals surface area contributed by atoms with Crippen LogP contribution in [-0.4, -0.2) is 38.2 Å². The van der Waals surface area contributed by atoms with Crippen LogP contribution >= 0.6 is 0 Å². The second-order valence-electron chi connectivity index (χ2n) is 5.01. The fourth-order valence-electron chi connectivity index (χ4n) is 2.05. The Kier molecular flexibility index (Phi) is 5.15. The van der Waals surface area contributed by atoms with Gasteiger partial charge in [0.1, 0.15) is 6.33 Å². The second kappa shape index (κ2) is 7.86. The van der Waals surface area contributed by atoms with E-state index >= 15 is 0 Å². The van der Waals surface area contributed by atoms with Gasteiger partial charge in [0.25, 0.3) is 0 Å². The number of tetrazole rings is 1. The van der Waals surface area contributed by atoms with Crippen molar-refractivity contribution in [3.63, 3.8) is 0 Å². The number of carbonyl (C=O) groups excluding carboxylic acids is 1. The van der Waals surface area contributed by atoms with Gasteiger partial charge in [-0.25, -0.2) is 9.67 Å². The van der Waals surface area contributed by atoms with Crippen molar-refractivity contribution < 1.29 is 14.3 Å². The predicted octanol–water partition coefficient (Wildman–Crippen LogP) is 1.90. The Hall–Kier alpha value is -3.49. The minimum Gasteiger partial charge on any atom is -0.493 e. The molecule has 0 saturated carbocycles. The molecule has 128 valence electrons. The third-order valence-electron chi connectivity index (χ3n) is 3.26. The molecule has 1 aromatic carbocycles. The van der Waals surface area contributed by atoms with Crippen molar-refractivity contribution >= 4 is 11.6 Å². The highest BCUT2D eigenvalue weighted by molar-refractivity contribution is 5.90. The van der Waals surface area contributed by atoms with E-state index in [1.165, 1.54) is 17.2 Å². The lowest BCUT2D eigenvalue weighted by atomic mass is 10.3. The number of anilines is 1. The zero-order chi connectivity index (χ0) is 17.5. The highest BCUT2D eigenvalue weighted by Gasteiger charge is 2.07. The Morgan fingerprint density at radius 3 is 2.72 bits per heavy atom. The lowest BCUT2D eigenvalue weighted by Crippen LogP contribution is -2.15. The third kappa shape index (κ3) is 4.50. The average molecular weight is 340 g/mol. The maximum Gasteiger partial charge on any atom is 0.226 e. The molecule has 9 nitrogen and oxygen atoms in total. The number of ether oxygens (including phenoxy) is 2. The van der Waals surface area contributed by atoms with Gasteiger partial charge in [-0.3, -0.25) is 4.79 Å². The Morgan fingerprint density at radius 1 is 1.20 bits per heavy atom. The quantitative estimate of drug-likeness (QED) is 0.700. The van der Waals surface area contributed by atoms with Crippen LogP contribution in [0.3, 0.4) is 0 Å². The van der Waals surface area contributed by atoms with Crippen LogP contribution in [0.1, 0.15) is 6.42 Å². The minimum atomic E-state index is -0.157. The van der Waals surface area contributed by atoms with Crippen LogP contribution in [0.25, 0.3) is 0 Å². The van der Waals surface area contributed by atoms with Crippen LogP contribution in [0.4, 0.5) is 5.69 Å². The summed E-state index contributed by atoms with van der Waals surface area (Å²) in [5.41, 5.74) is 0.578. The summed E-state index contributed by atoms with van der Waals surface area (Å²) in [5, 5.41) is 13.5. The normalized spacial score (nSPS) is 10.3. The first-order chi connectivity index (χ1) is 12.2. The summed E-state index contributed by atoms with van der Waals surface area (Å²) < 4.78 is 12.4. The summed E-state index contributed by atoms with van der Waals surface area (Å²) in [5.74, 6) is 1.42. The van der Waals surface area contributed by atoms with Gasteiger partial charge in [0.2, 0.25) is 11.8 Å². The number of hydrogen-bond acceptors (Lipinski definition) is 7. The molecule has 0 aliphatic carbocycles. The fraction of sp³-hybridized carbons (Fsp3) is 0.188. The molecule has 0 aliphatic heterocycles. The summed E-state index contributed by atoms with van der Waals surface area (Å²) in [6, 6.07) is 10.7. The molecule has 25 heavy (non-hydrogen) atoms. The van der Waals surface area contributed by atoms with Gasteiger partial charge in [0, 0.05) is 12.5 Å². The number of aromatic nitrogens is 5. The van der Waals surface area contributed by atoms with Crippen LogP contribution in [0.2, 0.25) is 0 Å². The molecule has 0 radical (unpaired) electrons. The highest BCUT2D eigenvalue weighted by Crippen LogP contribution is 2.30. The number of aryl methyl sites for hydroxylation is 1. The largest absolute Gasteiger partial charge is 0.493 e. The monoisotopic (exact) mass is 340 g/mol. The summed E-state index contributed by atoms with van der Waals surface area (Å²) in [6.45, 7) is 0.404. The third-order valence-corrected chi connectivity index (χ3v) is 3.26. The van der Waals surface area contributed by atoms with Gasteiger partial charge in [0.05, 0.1) is 25.5 Å². The predicted molar refractivity (Wildman–Crippen MR) is 88.4 cm³/mol. The van der Waals surface area contributed by atoms with Crippen LogP contribution in [0, 0.1) is 0 Å². The van der Waals surface area contributed by atoms with E-state index in [1.807, 2.05) is 12.1 Å².